The van der Waals surface area contributed by atoms with Crippen molar-refractivity contribution >= 4 is 66.4 Å². The third-order valence-corrected chi connectivity index (χ3v) is 9.45. The minimum Gasteiger partial charge on any atom is -0.444 e. The number of alkyl carbamates (subject to hydrolysis) is 1. The van der Waals surface area contributed by atoms with E-state index in [0.717, 1.165) is 8.68 Å². The maximum Gasteiger partial charge on any atom is 0.413 e. The van der Waals surface area contributed by atoms with Crippen LogP contribution in [0.3, 0.4) is 0 Å². The quantitative estimate of drug-likeness (QED) is 0.193. The molecule has 1 unspecified atom stereocenters. The van der Waals surface area contributed by atoms with Crippen molar-refractivity contribution in [2.24, 2.45) is 4.36 Å². The molecule has 0 aliphatic heterocycles. The van der Waals surface area contributed by atoms with Crippen molar-refractivity contribution in [1.29, 1.82) is 5.41 Å². The number of nitrogens with one attached hydrogen (secondary N) is 2. The monoisotopic (exact) mass is 565 g/mol. The lowest BCUT2D eigenvalue weighted by Crippen LogP contribution is -2.36. The maximum atomic E-state index is 14.6. The van der Waals surface area contributed by atoms with Gasteiger partial charge in [0, 0.05) is 4.47 Å². The van der Waals surface area contributed by atoms with Crippen molar-refractivity contribution in [3.05, 3.63) is 70.0 Å². The van der Waals surface area contributed by atoms with Crippen LogP contribution in [0.2, 0.25) is 0 Å². The van der Waals surface area contributed by atoms with E-state index in [1.54, 1.807) is 51.1 Å². The van der Waals surface area contributed by atoms with E-state index in [1.807, 2.05) is 36.6 Å². The molecule has 174 valence electrons. The van der Waals surface area contributed by atoms with Crippen LogP contribution in [-0.4, -0.2) is 28.0 Å². The molecular formula is C23H24BrN3O3S3. The summed E-state index contributed by atoms with van der Waals surface area (Å²) in [4.78, 5) is 13.7. The molecule has 2 N–H and O–H groups in total. The fourth-order valence-corrected chi connectivity index (χ4v) is 7.95. The summed E-state index contributed by atoms with van der Waals surface area (Å²) in [6, 6.07) is 18.1. The zero-order chi connectivity index (χ0) is 24.2. The number of carbonyl (C=O) groups is 1. The Balaban J connectivity index is 2.11. The Morgan fingerprint density at radius 3 is 2.45 bits per heavy atom. The summed E-state index contributed by atoms with van der Waals surface area (Å²) >= 11 is 6.17. The van der Waals surface area contributed by atoms with Gasteiger partial charge in [0.1, 0.15) is 21.2 Å². The molecule has 0 radical (unpaired) electrons. The summed E-state index contributed by atoms with van der Waals surface area (Å²) < 4.78 is 26.0. The number of hydrogen-bond acceptors (Lipinski definition) is 7. The number of thioether (sulfide) groups is 1. The highest BCUT2D eigenvalue weighted by molar-refractivity contribution is 9.10. The van der Waals surface area contributed by atoms with Gasteiger partial charge < -0.3 is 4.74 Å². The van der Waals surface area contributed by atoms with E-state index in [1.165, 1.54) is 23.1 Å². The average molecular weight is 567 g/mol. The molecule has 0 bridgehead atoms. The number of halogens is 1. The summed E-state index contributed by atoms with van der Waals surface area (Å²) in [5.74, 6) is -0.119. The van der Waals surface area contributed by atoms with Crippen LogP contribution >= 0.6 is 39.0 Å². The highest BCUT2D eigenvalue weighted by atomic mass is 79.9. The number of amides is 1. The first-order valence-electron chi connectivity index (χ1n) is 9.86. The number of rotatable bonds is 5. The average Bonchev–Trinajstić information content (AvgIpc) is 3.18. The smallest absolute Gasteiger partial charge is 0.413 e. The van der Waals surface area contributed by atoms with Gasteiger partial charge in [-0.3, -0.25) is 10.7 Å². The SMILES string of the molecule is CSc1sc(C(=N)NC(=O)OC(C)(C)C)cc1S(=O)(=Nc1ccccc1)c1cccc(Br)c1. The zero-order valence-electron chi connectivity index (χ0n) is 18.5. The Morgan fingerprint density at radius 1 is 1.15 bits per heavy atom. The van der Waals surface area contributed by atoms with Crippen molar-refractivity contribution in [2.75, 3.05) is 6.26 Å². The van der Waals surface area contributed by atoms with Crippen molar-refractivity contribution < 1.29 is 13.7 Å². The fourth-order valence-electron chi connectivity index (χ4n) is 2.79. The van der Waals surface area contributed by atoms with Crippen LogP contribution in [0, 0.1) is 5.41 Å². The van der Waals surface area contributed by atoms with Crippen LogP contribution in [0.4, 0.5) is 10.5 Å². The van der Waals surface area contributed by atoms with Gasteiger partial charge in [0.15, 0.2) is 0 Å². The lowest BCUT2D eigenvalue weighted by Gasteiger charge is -2.19. The number of nitrogens with zero attached hydrogens (tertiary/aromatic N) is 1. The molecule has 6 nitrogen and oxygen atoms in total. The molecule has 0 saturated heterocycles. The molecule has 0 aliphatic carbocycles. The van der Waals surface area contributed by atoms with Gasteiger partial charge in [0.05, 0.1) is 24.6 Å². The van der Waals surface area contributed by atoms with Crippen molar-refractivity contribution in [3.8, 4) is 0 Å². The number of carbonyl (C=O) groups excluding carboxylic acids is 1. The molecule has 0 spiro atoms. The molecule has 33 heavy (non-hydrogen) atoms. The molecule has 10 heteroatoms. The molecule has 0 fully saturated rings. The number of ether oxygens (including phenoxy) is 1. The number of benzene rings is 2. The summed E-state index contributed by atoms with van der Waals surface area (Å²) in [5.41, 5.74) is -0.0943. The summed E-state index contributed by atoms with van der Waals surface area (Å²) in [5, 5.41) is 10.8. The maximum absolute atomic E-state index is 14.6. The molecule has 1 amide bonds. The summed E-state index contributed by atoms with van der Waals surface area (Å²) in [7, 11) is -3.09. The Morgan fingerprint density at radius 2 is 1.85 bits per heavy atom. The van der Waals surface area contributed by atoms with E-state index in [4.69, 9.17) is 10.1 Å². The summed E-state index contributed by atoms with van der Waals surface area (Å²) in [6.45, 7) is 5.26. The normalized spacial score (nSPS) is 13.1. The molecule has 1 atom stereocenters. The second kappa shape index (κ2) is 10.4. The van der Waals surface area contributed by atoms with E-state index in [9.17, 15) is 9.00 Å². The van der Waals surface area contributed by atoms with Gasteiger partial charge in [0.2, 0.25) is 0 Å². The van der Waals surface area contributed by atoms with Crippen LogP contribution in [0.15, 0.2) is 83.5 Å². The van der Waals surface area contributed by atoms with E-state index >= 15 is 0 Å². The molecule has 0 aliphatic rings. The Bertz CT molecular complexity index is 1290. The van der Waals surface area contributed by atoms with Crippen molar-refractivity contribution in [1.82, 2.24) is 5.32 Å². The number of amidine groups is 1. The van der Waals surface area contributed by atoms with E-state index in [0.29, 0.717) is 20.4 Å². The van der Waals surface area contributed by atoms with E-state index in [2.05, 4.69) is 25.6 Å². The van der Waals surface area contributed by atoms with Gasteiger partial charge >= 0.3 is 6.09 Å². The second-order valence-corrected chi connectivity index (χ2v) is 13.1. The first-order valence-corrected chi connectivity index (χ1v) is 14.2. The summed E-state index contributed by atoms with van der Waals surface area (Å²) in [6.07, 6.45) is 1.17. The standard InChI is InChI=1S/C23H24BrN3O3S3/c1-23(2,3)30-22(28)26-20(25)18-14-19(21(31-4)32-18)33(29,17-12-8-9-15(24)13-17)27-16-10-6-5-7-11-16/h5-14H,1-4H3,(H2,25,26,28). The number of thiophene rings is 1. The third kappa shape index (κ3) is 6.47. The Hall–Kier alpha value is -2.14. The molecule has 1 heterocycles. The largest absolute Gasteiger partial charge is 0.444 e. The molecule has 1 aromatic heterocycles. The van der Waals surface area contributed by atoms with Gasteiger partial charge in [-0.2, -0.15) is 4.36 Å². The Kier molecular flexibility index (Phi) is 8.04. The van der Waals surface area contributed by atoms with Crippen LogP contribution < -0.4 is 5.32 Å². The van der Waals surface area contributed by atoms with Crippen LogP contribution in [0.25, 0.3) is 0 Å². The third-order valence-electron chi connectivity index (χ3n) is 4.13. The van der Waals surface area contributed by atoms with Crippen molar-refractivity contribution in [3.63, 3.8) is 0 Å². The minimum atomic E-state index is -3.09. The molecule has 3 rings (SSSR count). The van der Waals surface area contributed by atoms with Gasteiger partial charge in [0.25, 0.3) is 0 Å². The van der Waals surface area contributed by atoms with E-state index < -0.39 is 21.4 Å². The number of hydrogen-bond donors (Lipinski definition) is 2. The lowest BCUT2D eigenvalue weighted by molar-refractivity contribution is 0.0563. The first-order chi connectivity index (χ1) is 15.5. The second-order valence-electron chi connectivity index (χ2n) is 7.88. The van der Waals surface area contributed by atoms with Gasteiger partial charge in [-0.1, -0.05) is 40.2 Å². The first kappa shape index (κ1) is 25.5. The minimum absolute atomic E-state index is 0.119. The van der Waals surface area contributed by atoms with Gasteiger partial charge in [-0.15, -0.1) is 23.1 Å². The van der Waals surface area contributed by atoms with Crippen LogP contribution in [0.5, 0.6) is 0 Å². The van der Waals surface area contributed by atoms with Crippen molar-refractivity contribution in [2.45, 2.75) is 40.4 Å². The predicted octanol–water partition coefficient (Wildman–Crippen LogP) is 7.30. The predicted molar refractivity (Wildman–Crippen MR) is 140 cm³/mol. The van der Waals surface area contributed by atoms with E-state index in [-0.39, 0.29) is 5.84 Å². The highest BCUT2D eigenvalue weighted by Crippen LogP contribution is 2.40. The molecule has 2 aromatic carbocycles. The topological polar surface area (TPSA) is 91.6 Å². The van der Waals surface area contributed by atoms with Gasteiger partial charge in [-0.25, -0.2) is 9.00 Å². The van der Waals surface area contributed by atoms with Crippen LogP contribution in [0.1, 0.15) is 25.6 Å². The Labute approximate surface area is 211 Å². The lowest BCUT2D eigenvalue weighted by atomic mass is 10.2. The highest BCUT2D eigenvalue weighted by Gasteiger charge is 2.26. The fraction of sp³-hybridized carbons (Fsp3) is 0.217. The zero-order valence-corrected chi connectivity index (χ0v) is 22.6. The van der Waals surface area contributed by atoms with Gasteiger partial charge in [-0.05, 0) is 63.4 Å². The molecule has 0 saturated carbocycles. The molecular weight excluding hydrogens is 542 g/mol. The van der Waals surface area contributed by atoms with Crippen LogP contribution in [-0.2, 0) is 14.5 Å². The molecule has 3 aromatic rings.